The molecule has 112 valence electrons. The molecule has 0 bridgehead atoms. The van der Waals surface area contributed by atoms with Crippen molar-refractivity contribution < 1.29 is 13.9 Å². The van der Waals surface area contributed by atoms with Crippen LogP contribution < -0.4 is 5.73 Å². The Kier molecular flexibility index (Phi) is 5.47. The molecule has 0 amide bonds. The Labute approximate surface area is 128 Å². The summed E-state index contributed by atoms with van der Waals surface area (Å²) in [4.78, 5) is 12.3. The van der Waals surface area contributed by atoms with Crippen LogP contribution >= 0.6 is 11.8 Å². The fourth-order valence-corrected chi connectivity index (χ4v) is 3.04. The van der Waals surface area contributed by atoms with Crippen molar-refractivity contribution in [3.8, 4) is 0 Å². The Morgan fingerprint density at radius 2 is 2.05 bits per heavy atom. The van der Waals surface area contributed by atoms with Gasteiger partial charge in [-0.25, -0.2) is 4.79 Å². The van der Waals surface area contributed by atoms with Crippen LogP contribution in [0.3, 0.4) is 0 Å². The Bertz CT molecular complexity index is 556. The van der Waals surface area contributed by atoms with Crippen molar-refractivity contribution in [2.45, 2.75) is 18.2 Å². The molecule has 2 N–H and O–H groups in total. The second-order valence-electron chi connectivity index (χ2n) is 4.63. The lowest BCUT2D eigenvalue weighted by molar-refractivity contribution is -0.149. The van der Waals surface area contributed by atoms with E-state index in [0.29, 0.717) is 18.1 Å². The quantitative estimate of drug-likeness (QED) is 0.797. The fraction of sp³-hybridized carbons (Fsp3) is 0.312. The van der Waals surface area contributed by atoms with Gasteiger partial charge in [-0.1, -0.05) is 30.3 Å². The summed E-state index contributed by atoms with van der Waals surface area (Å²) in [5, 5.41) is 0. The highest BCUT2D eigenvalue weighted by Gasteiger charge is 2.37. The lowest BCUT2D eigenvalue weighted by Crippen LogP contribution is -2.48. The molecular weight excluding hydrogens is 286 g/mol. The van der Waals surface area contributed by atoms with Gasteiger partial charge in [-0.3, -0.25) is 0 Å². The van der Waals surface area contributed by atoms with Gasteiger partial charge in [-0.15, -0.1) is 0 Å². The van der Waals surface area contributed by atoms with E-state index in [9.17, 15) is 4.79 Å². The molecule has 5 heteroatoms. The Balaban J connectivity index is 2.10. The number of benzene rings is 1. The van der Waals surface area contributed by atoms with Crippen molar-refractivity contribution in [3.63, 3.8) is 0 Å². The van der Waals surface area contributed by atoms with Crippen molar-refractivity contribution in [1.82, 2.24) is 0 Å². The van der Waals surface area contributed by atoms with Gasteiger partial charge in [0.15, 0.2) is 0 Å². The number of thioether (sulfide) groups is 1. The molecule has 0 saturated heterocycles. The molecule has 2 rings (SSSR count). The van der Waals surface area contributed by atoms with E-state index in [0.717, 1.165) is 11.3 Å². The zero-order valence-electron chi connectivity index (χ0n) is 12.0. The molecule has 1 unspecified atom stereocenters. The van der Waals surface area contributed by atoms with Crippen LogP contribution in [0.4, 0.5) is 0 Å². The van der Waals surface area contributed by atoms with Crippen LogP contribution in [0.1, 0.15) is 18.2 Å². The van der Waals surface area contributed by atoms with Gasteiger partial charge in [-0.2, -0.15) is 11.8 Å². The molecule has 0 fully saturated rings. The van der Waals surface area contributed by atoms with E-state index in [1.165, 1.54) is 0 Å². The van der Waals surface area contributed by atoms with Gasteiger partial charge in [0.1, 0.15) is 11.3 Å². The SMILES string of the molecule is CCOC(=O)C(N)(CSCc1ccco1)c1ccccc1. The average Bonchev–Trinajstić information content (AvgIpc) is 3.01. The van der Waals surface area contributed by atoms with Gasteiger partial charge in [0.05, 0.1) is 18.6 Å². The number of esters is 1. The van der Waals surface area contributed by atoms with Crippen LogP contribution in [0.5, 0.6) is 0 Å². The first kappa shape index (κ1) is 15.7. The number of carbonyl (C=O) groups excluding carboxylic acids is 1. The van der Waals surface area contributed by atoms with Crippen LogP contribution in [-0.4, -0.2) is 18.3 Å². The first-order valence-corrected chi connectivity index (χ1v) is 7.94. The summed E-state index contributed by atoms with van der Waals surface area (Å²) in [5.41, 5.74) is 5.98. The molecule has 0 aliphatic rings. The minimum absolute atomic E-state index is 0.313. The van der Waals surface area contributed by atoms with E-state index in [1.807, 2.05) is 42.5 Å². The summed E-state index contributed by atoms with van der Waals surface area (Å²) in [6.45, 7) is 2.09. The Morgan fingerprint density at radius 3 is 2.67 bits per heavy atom. The van der Waals surface area contributed by atoms with Crippen molar-refractivity contribution in [2.24, 2.45) is 5.73 Å². The third-order valence-electron chi connectivity index (χ3n) is 3.08. The summed E-state index contributed by atoms with van der Waals surface area (Å²) >= 11 is 1.55. The van der Waals surface area contributed by atoms with E-state index in [4.69, 9.17) is 14.9 Å². The molecule has 1 heterocycles. The minimum atomic E-state index is -1.14. The lowest BCUT2D eigenvalue weighted by Gasteiger charge is -2.27. The fourth-order valence-electron chi connectivity index (χ4n) is 1.96. The second-order valence-corrected chi connectivity index (χ2v) is 5.62. The van der Waals surface area contributed by atoms with E-state index >= 15 is 0 Å². The van der Waals surface area contributed by atoms with Crippen molar-refractivity contribution in [2.75, 3.05) is 12.4 Å². The first-order chi connectivity index (χ1) is 10.2. The molecule has 21 heavy (non-hydrogen) atoms. The minimum Gasteiger partial charge on any atom is -0.468 e. The van der Waals surface area contributed by atoms with E-state index in [2.05, 4.69) is 0 Å². The highest BCUT2D eigenvalue weighted by atomic mass is 32.2. The summed E-state index contributed by atoms with van der Waals surface area (Å²) < 4.78 is 10.4. The smallest absolute Gasteiger partial charge is 0.331 e. The van der Waals surface area contributed by atoms with Gasteiger partial charge in [0, 0.05) is 5.75 Å². The summed E-state index contributed by atoms with van der Waals surface area (Å²) in [7, 11) is 0. The number of hydrogen-bond donors (Lipinski definition) is 1. The van der Waals surface area contributed by atoms with Crippen molar-refractivity contribution in [1.29, 1.82) is 0 Å². The van der Waals surface area contributed by atoms with Gasteiger partial charge < -0.3 is 14.9 Å². The molecule has 0 spiro atoms. The topological polar surface area (TPSA) is 65.5 Å². The maximum atomic E-state index is 12.3. The predicted octanol–water partition coefficient (Wildman–Crippen LogP) is 2.93. The van der Waals surface area contributed by atoms with Crippen molar-refractivity contribution >= 4 is 17.7 Å². The predicted molar refractivity (Wildman–Crippen MR) is 83.8 cm³/mol. The van der Waals surface area contributed by atoms with Crippen LogP contribution in [0.15, 0.2) is 53.1 Å². The zero-order chi connectivity index (χ0) is 15.1. The number of furan rings is 1. The van der Waals surface area contributed by atoms with Gasteiger partial charge in [0.25, 0.3) is 0 Å². The number of hydrogen-bond acceptors (Lipinski definition) is 5. The molecule has 1 aromatic carbocycles. The van der Waals surface area contributed by atoms with Gasteiger partial charge >= 0.3 is 5.97 Å². The molecule has 0 aliphatic heterocycles. The zero-order valence-corrected chi connectivity index (χ0v) is 12.8. The highest BCUT2D eigenvalue weighted by Crippen LogP contribution is 2.26. The van der Waals surface area contributed by atoms with Crippen LogP contribution in [-0.2, 0) is 20.8 Å². The number of nitrogens with two attached hydrogens (primary N) is 1. The second kappa shape index (κ2) is 7.33. The van der Waals surface area contributed by atoms with E-state index in [1.54, 1.807) is 24.9 Å². The standard InChI is InChI=1S/C16H19NO3S/c1-2-19-15(18)16(17,13-7-4-3-5-8-13)12-21-11-14-9-6-10-20-14/h3-10H,2,11-12,17H2,1H3. The number of rotatable bonds is 7. The molecule has 0 radical (unpaired) electrons. The average molecular weight is 305 g/mol. The molecule has 1 aromatic heterocycles. The summed E-state index contributed by atoms with van der Waals surface area (Å²) in [6.07, 6.45) is 1.63. The maximum Gasteiger partial charge on any atom is 0.331 e. The lowest BCUT2D eigenvalue weighted by atomic mass is 9.93. The van der Waals surface area contributed by atoms with Gasteiger partial charge in [-0.05, 0) is 24.6 Å². The van der Waals surface area contributed by atoms with Crippen LogP contribution in [0.25, 0.3) is 0 Å². The van der Waals surface area contributed by atoms with Crippen LogP contribution in [0, 0.1) is 0 Å². The monoisotopic (exact) mass is 305 g/mol. The van der Waals surface area contributed by atoms with E-state index < -0.39 is 11.5 Å². The van der Waals surface area contributed by atoms with Crippen molar-refractivity contribution in [3.05, 3.63) is 60.1 Å². The van der Waals surface area contributed by atoms with Crippen LogP contribution in [0.2, 0.25) is 0 Å². The first-order valence-electron chi connectivity index (χ1n) is 6.78. The highest BCUT2D eigenvalue weighted by molar-refractivity contribution is 7.98. The number of carbonyl (C=O) groups is 1. The summed E-state index contributed by atoms with van der Waals surface area (Å²) in [5.74, 6) is 1.55. The Morgan fingerprint density at radius 1 is 1.29 bits per heavy atom. The normalized spacial score (nSPS) is 13.6. The third-order valence-corrected chi connectivity index (χ3v) is 4.23. The maximum absolute atomic E-state index is 12.3. The molecular formula is C16H19NO3S. The molecule has 1 atom stereocenters. The number of ether oxygens (including phenoxy) is 1. The largest absolute Gasteiger partial charge is 0.468 e. The molecule has 2 aromatic rings. The molecule has 0 aliphatic carbocycles. The van der Waals surface area contributed by atoms with Gasteiger partial charge in [0.2, 0.25) is 0 Å². The molecule has 0 saturated carbocycles. The summed E-state index contributed by atoms with van der Waals surface area (Å²) in [6, 6.07) is 13.1. The third kappa shape index (κ3) is 3.89. The van der Waals surface area contributed by atoms with E-state index in [-0.39, 0.29) is 0 Å². The molecule has 4 nitrogen and oxygen atoms in total. The Hall–Kier alpha value is -1.72.